The van der Waals surface area contributed by atoms with E-state index in [0.717, 1.165) is 30.2 Å². The molecule has 1 aromatic heterocycles. The first-order valence-electron chi connectivity index (χ1n) is 10.9. The predicted molar refractivity (Wildman–Crippen MR) is 123 cm³/mol. The molecule has 1 aliphatic carbocycles. The number of methoxy groups -OCH3 is 2. The number of aliphatic hydroxyl groups excluding tert-OH is 1. The lowest BCUT2D eigenvalue weighted by Gasteiger charge is -2.18. The zero-order chi connectivity index (χ0) is 22.7. The van der Waals surface area contributed by atoms with Crippen LogP contribution in [0.2, 0.25) is 0 Å². The van der Waals surface area contributed by atoms with Gasteiger partial charge < -0.3 is 29.6 Å². The number of amides is 1. The van der Waals surface area contributed by atoms with Crippen LogP contribution < -0.4 is 19.5 Å². The molecule has 7 heteroatoms. The van der Waals surface area contributed by atoms with E-state index in [2.05, 4.69) is 23.3 Å². The van der Waals surface area contributed by atoms with Gasteiger partial charge in [-0.3, -0.25) is 4.79 Å². The molecule has 1 aliphatic rings. The fraction of sp³-hybridized carbons (Fsp3) is 0.400. The van der Waals surface area contributed by atoms with Crippen LogP contribution in [0.15, 0.2) is 36.4 Å². The van der Waals surface area contributed by atoms with E-state index in [4.69, 9.17) is 14.2 Å². The van der Waals surface area contributed by atoms with Gasteiger partial charge in [-0.1, -0.05) is 25.1 Å². The van der Waals surface area contributed by atoms with E-state index in [9.17, 15) is 9.90 Å². The van der Waals surface area contributed by atoms with Crippen molar-refractivity contribution >= 4 is 16.8 Å². The molecular weight excluding hydrogens is 408 g/mol. The highest BCUT2D eigenvalue weighted by Crippen LogP contribution is 2.37. The molecule has 7 nitrogen and oxygen atoms in total. The highest BCUT2D eigenvalue weighted by molar-refractivity contribution is 6.06. The van der Waals surface area contributed by atoms with Crippen LogP contribution >= 0.6 is 0 Å². The van der Waals surface area contributed by atoms with E-state index < -0.39 is 6.10 Å². The number of carbonyl (C=O) groups excluding carboxylic acids is 1. The topological polar surface area (TPSA) is 92.8 Å². The van der Waals surface area contributed by atoms with Crippen molar-refractivity contribution in [2.45, 2.75) is 32.3 Å². The number of aryl methyl sites for hydroxylation is 1. The van der Waals surface area contributed by atoms with Crippen LogP contribution in [-0.4, -0.2) is 49.5 Å². The molecule has 3 aromatic rings. The van der Waals surface area contributed by atoms with Crippen molar-refractivity contribution in [2.75, 3.05) is 27.4 Å². The third-order valence-electron chi connectivity index (χ3n) is 6.02. The van der Waals surface area contributed by atoms with Crippen LogP contribution in [0.5, 0.6) is 17.2 Å². The minimum atomic E-state index is -0.898. The molecule has 2 unspecified atom stereocenters. The maximum Gasteiger partial charge on any atom is 0.253 e. The van der Waals surface area contributed by atoms with E-state index in [1.807, 2.05) is 12.1 Å². The quantitative estimate of drug-likeness (QED) is 0.501. The Bertz CT molecular complexity index is 1080. The van der Waals surface area contributed by atoms with Crippen LogP contribution in [0.4, 0.5) is 0 Å². The summed E-state index contributed by atoms with van der Waals surface area (Å²) < 4.78 is 16.3. The predicted octanol–water partition coefficient (Wildman–Crippen LogP) is 3.48. The second-order valence-corrected chi connectivity index (χ2v) is 8.32. The molecule has 2 aromatic carbocycles. The van der Waals surface area contributed by atoms with Crippen molar-refractivity contribution < 1.29 is 24.1 Å². The maximum atomic E-state index is 12.9. The smallest absolute Gasteiger partial charge is 0.253 e. The Morgan fingerprint density at radius 1 is 1.19 bits per heavy atom. The Balaban J connectivity index is 1.41. The summed E-state index contributed by atoms with van der Waals surface area (Å²) in [6, 6.07) is 11.1. The molecule has 0 bridgehead atoms. The van der Waals surface area contributed by atoms with E-state index in [0.29, 0.717) is 28.7 Å². The van der Waals surface area contributed by atoms with Gasteiger partial charge >= 0.3 is 0 Å². The Morgan fingerprint density at radius 3 is 2.62 bits per heavy atom. The second kappa shape index (κ2) is 9.53. The molecule has 4 rings (SSSR count). The summed E-state index contributed by atoms with van der Waals surface area (Å²) in [6.07, 6.45) is 2.30. The lowest BCUT2D eigenvalue weighted by atomic mass is 9.87. The number of carbonyl (C=O) groups is 1. The fourth-order valence-corrected chi connectivity index (χ4v) is 4.31. The van der Waals surface area contributed by atoms with Crippen LogP contribution in [-0.2, 0) is 12.8 Å². The third-order valence-corrected chi connectivity index (χ3v) is 6.02. The van der Waals surface area contributed by atoms with Crippen molar-refractivity contribution in [1.29, 1.82) is 0 Å². The summed E-state index contributed by atoms with van der Waals surface area (Å²) in [6.45, 7) is 2.31. The van der Waals surface area contributed by atoms with E-state index in [-0.39, 0.29) is 19.1 Å². The van der Waals surface area contributed by atoms with Crippen LogP contribution in [0.25, 0.3) is 10.9 Å². The molecular formula is C25H30N2O5. The second-order valence-electron chi connectivity index (χ2n) is 8.32. The van der Waals surface area contributed by atoms with Gasteiger partial charge in [0.15, 0.2) is 11.5 Å². The molecule has 0 saturated heterocycles. The molecule has 0 fully saturated rings. The van der Waals surface area contributed by atoms with Gasteiger partial charge in [0.25, 0.3) is 5.91 Å². The number of hydrogen-bond donors (Lipinski definition) is 3. The van der Waals surface area contributed by atoms with Crippen molar-refractivity contribution in [1.82, 2.24) is 10.3 Å². The number of benzene rings is 2. The van der Waals surface area contributed by atoms with Gasteiger partial charge in [0.1, 0.15) is 12.7 Å². The van der Waals surface area contributed by atoms with E-state index in [1.54, 1.807) is 18.2 Å². The Hall–Kier alpha value is -3.19. The maximum absolute atomic E-state index is 12.9. The number of hydrogen-bond acceptors (Lipinski definition) is 5. The molecule has 0 saturated carbocycles. The first kappa shape index (κ1) is 22.0. The van der Waals surface area contributed by atoms with Crippen molar-refractivity contribution in [3.8, 4) is 17.2 Å². The van der Waals surface area contributed by atoms with Crippen molar-refractivity contribution in [3.05, 3.63) is 53.2 Å². The Labute approximate surface area is 187 Å². The number of aliphatic hydroxyl groups is 1. The van der Waals surface area contributed by atoms with Gasteiger partial charge in [-0.05, 0) is 48.9 Å². The summed E-state index contributed by atoms with van der Waals surface area (Å²) in [4.78, 5) is 16.4. The van der Waals surface area contributed by atoms with Gasteiger partial charge in [0.2, 0.25) is 5.75 Å². The normalized spacial score (nSPS) is 16.3. The number of fused-ring (bicyclic) bond motifs is 3. The number of nitrogens with one attached hydrogen (secondary N) is 2. The molecule has 0 aliphatic heterocycles. The number of rotatable bonds is 8. The lowest BCUT2D eigenvalue weighted by Crippen LogP contribution is -2.35. The zero-order valence-corrected chi connectivity index (χ0v) is 18.7. The number of para-hydroxylation sites is 2. The highest BCUT2D eigenvalue weighted by Gasteiger charge is 2.22. The summed E-state index contributed by atoms with van der Waals surface area (Å²) in [5.74, 6) is 1.86. The minimum Gasteiger partial charge on any atom is -0.493 e. The highest BCUT2D eigenvalue weighted by atomic mass is 16.5. The third kappa shape index (κ3) is 4.39. The summed E-state index contributed by atoms with van der Waals surface area (Å²) in [5.41, 5.74) is 4.02. The van der Waals surface area contributed by atoms with Gasteiger partial charge in [-0.25, -0.2) is 0 Å². The zero-order valence-electron chi connectivity index (χ0n) is 18.7. The molecule has 1 heterocycles. The lowest BCUT2D eigenvalue weighted by molar-refractivity contribution is 0.0835. The van der Waals surface area contributed by atoms with Gasteiger partial charge in [0.05, 0.1) is 25.3 Å². The largest absolute Gasteiger partial charge is 0.493 e. The first-order chi connectivity index (χ1) is 15.5. The average molecular weight is 439 g/mol. The van der Waals surface area contributed by atoms with Gasteiger partial charge in [0, 0.05) is 17.6 Å². The summed E-state index contributed by atoms with van der Waals surface area (Å²) >= 11 is 0. The number of aromatic amines is 1. The SMILES string of the molecule is COc1cccc(OC)c1OCC(O)CNC(=O)c1cccc2c3c([nH]c12)CCC(C)C3. The van der Waals surface area contributed by atoms with Crippen LogP contribution in [0.3, 0.4) is 0 Å². The summed E-state index contributed by atoms with van der Waals surface area (Å²) in [7, 11) is 3.08. The average Bonchev–Trinajstić information content (AvgIpc) is 3.18. The van der Waals surface area contributed by atoms with Gasteiger partial charge in [-0.15, -0.1) is 0 Å². The Morgan fingerprint density at radius 2 is 1.91 bits per heavy atom. The molecule has 0 spiro atoms. The molecule has 3 N–H and O–H groups in total. The number of aromatic nitrogens is 1. The molecule has 170 valence electrons. The monoisotopic (exact) mass is 438 g/mol. The van der Waals surface area contributed by atoms with Crippen LogP contribution in [0, 0.1) is 5.92 Å². The standard InChI is InChI=1S/C25H30N2O5/c1-15-10-11-20-19(12-15)17-6-4-7-18(23(17)27-20)25(29)26-13-16(28)14-32-24-21(30-2)8-5-9-22(24)31-3/h4-9,15-16,27-28H,10-14H2,1-3H3,(H,26,29). The molecule has 2 atom stereocenters. The van der Waals surface area contributed by atoms with E-state index >= 15 is 0 Å². The fourth-order valence-electron chi connectivity index (χ4n) is 4.31. The first-order valence-corrected chi connectivity index (χ1v) is 10.9. The molecule has 32 heavy (non-hydrogen) atoms. The molecule has 1 amide bonds. The molecule has 0 radical (unpaired) electrons. The van der Waals surface area contributed by atoms with Crippen molar-refractivity contribution in [2.24, 2.45) is 5.92 Å². The number of H-pyrrole nitrogens is 1. The minimum absolute atomic E-state index is 0.0180. The Kier molecular flexibility index (Phi) is 6.55. The van der Waals surface area contributed by atoms with Crippen LogP contribution in [0.1, 0.15) is 35.0 Å². The number of ether oxygens (including phenoxy) is 3. The van der Waals surface area contributed by atoms with Crippen molar-refractivity contribution in [3.63, 3.8) is 0 Å². The van der Waals surface area contributed by atoms with Gasteiger partial charge in [-0.2, -0.15) is 0 Å². The summed E-state index contributed by atoms with van der Waals surface area (Å²) in [5, 5.41) is 14.3. The van der Waals surface area contributed by atoms with E-state index in [1.165, 1.54) is 25.5 Å².